The molecule has 0 saturated heterocycles. The Balaban J connectivity index is 2.92. The van der Waals surface area contributed by atoms with E-state index in [1.807, 2.05) is 0 Å². The fourth-order valence-corrected chi connectivity index (χ4v) is 1.72. The summed E-state index contributed by atoms with van der Waals surface area (Å²) >= 11 is 0. The van der Waals surface area contributed by atoms with Crippen molar-refractivity contribution in [3.05, 3.63) is 42.5 Å². The van der Waals surface area contributed by atoms with Gasteiger partial charge in [0.25, 0.3) is 0 Å². The monoisotopic (exact) mass is 226 g/mol. The first kappa shape index (κ1) is 11.5. The van der Waals surface area contributed by atoms with Gasteiger partial charge in [0.1, 0.15) is 5.75 Å². The van der Waals surface area contributed by atoms with Crippen LogP contribution >= 0.6 is 0 Å². The number of para-hydroxylation sites is 1. The Morgan fingerprint density at radius 3 is 2.27 bits per heavy atom. The number of benzene rings is 1. The molecule has 0 spiro atoms. The SMILES string of the molecule is C=C(C)C(=O)S(=O)(=O)Oc1ccccc1. The predicted octanol–water partition coefficient (Wildman–Crippen LogP) is 1.50. The van der Waals surface area contributed by atoms with E-state index in [4.69, 9.17) is 0 Å². The highest BCUT2D eigenvalue weighted by Crippen LogP contribution is 2.13. The Bertz CT molecular complexity index is 473. The number of hydrogen-bond donors (Lipinski definition) is 0. The molecule has 0 unspecified atom stereocenters. The van der Waals surface area contributed by atoms with Crippen molar-refractivity contribution < 1.29 is 17.4 Å². The van der Waals surface area contributed by atoms with Crippen molar-refractivity contribution >= 4 is 15.2 Å². The first-order valence-corrected chi connectivity index (χ1v) is 5.53. The van der Waals surface area contributed by atoms with Crippen LogP contribution in [0.5, 0.6) is 5.75 Å². The van der Waals surface area contributed by atoms with Crippen LogP contribution < -0.4 is 4.18 Å². The Kier molecular flexibility index (Phi) is 3.26. The van der Waals surface area contributed by atoms with Crippen LogP contribution in [-0.4, -0.2) is 13.5 Å². The van der Waals surface area contributed by atoms with Crippen molar-refractivity contribution in [2.75, 3.05) is 0 Å². The summed E-state index contributed by atoms with van der Waals surface area (Å²) in [6.07, 6.45) is 0. The van der Waals surface area contributed by atoms with Crippen LogP contribution in [0.3, 0.4) is 0 Å². The van der Waals surface area contributed by atoms with Crippen LogP contribution in [0.25, 0.3) is 0 Å². The average Bonchev–Trinajstić information content (AvgIpc) is 2.17. The first-order valence-electron chi connectivity index (χ1n) is 4.13. The summed E-state index contributed by atoms with van der Waals surface area (Å²) in [5.74, 6) is 0.104. The molecular weight excluding hydrogens is 216 g/mol. The van der Waals surface area contributed by atoms with Crippen LogP contribution in [0.2, 0.25) is 0 Å². The quantitative estimate of drug-likeness (QED) is 0.578. The van der Waals surface area contributed by atoms with Gasteiger partial charge in [-0.2, -0.15) is 8.42 Å². The molecular formula is C10H10O4S. The molecule has 1 rings (SSSR count). The van der Waals surface area contributed by atoms with E-state index in [1.165, 1.54) is 19.1 Å². The molecule has 0 saturated carbocycles. The summed E-state index contributed by atoms with van der Waals surface area (Å²) in [6.45, 7) is 4.57. The Morgan fingerprint density at radius 2 is 1.80 bits per heavy atom. The van der Waals surface area contributed by atoms with E-state index in [0.717, 1.165) is 0 Å². The molecule has 0 heterocycles. The smallest absolute Gasteiger partial charge is 0.377 e. The van der Waals surface area contributed by atoms with E-state index in [9.17, 15) is 13.2 Å². The van der Waals surface area contributed by atoms with Crippen molar-refractivity contribution in [3.63, 3.8) is 0 Å². The minimum atomic E-state index is -4.25. The van der Waals surface area contributed by atoms with Gasteiger partial charge in [0.2, 0.25) is 0 Å². The summed E-state index contributed by atoms with van der Waals surface area (Å²) in [5.41, 5.74) is -0.0778. The lowest BCUT2D eigenvalue weighted by Crippen LogP contribution is -2.21. The van der Waals surface area contributed by atoms with Gasteiger partial charge in [0.05, 0.1) is 0 Å². The third-order valence-electron chi connectivity index (χ3n) is 1.52. The van der Waals surface area contributed by atoms with Crippen LogP contribution in [-0.2, 0) is 14.9 Å². The highest BCUT2D eigenvalue weighted by atomic mass is 32.2. The zero-order valence-electron chi connectivity index (χ0n) is 8.14. The normalized spacial score (nSPS) is 10.7. The van der Waals surface area contributed by atoms with E-state index in [1.54, 1.807) is 18.2 Å². The molecule has 15 heavy (non-hydrogen) atoms. The van der Waals surface area contributed by atoms with E-state index < -0.39 is 15.2 Å². The van der Waals surface area contributed by atoms with E-state index in [0.29, 0.717) is 0 Å². The maximum absolute atomic E-state index is 11.3. The molecule has 1 aromatic carbocycles. The molecule has 0 fully saturated rings. The first-order chi connectivity index (χ1) is 6.93. The van der Waals surface area contributed by atoms with Gasteiger partial charge in [-0.05, 0) is 19.1 Å². The van der Waals surface area contributed by atoms with Crippen molar-refractivity contribution in [1.82, 2.24) is 0 Å². The number of hydrogen-bond acceptors (Lipinski definition) is 4. The summed E-state index contributed by atoms with van der Waals surface area (Å²) in [6, 6.07) is 7.82. The van der Waals surface area contributed by atoms with Crippen molar-refractivity contribution in [3.8, 4) is 5.75 Å². The number of carbonyl (C=O) groups excluding carboxylic acids is 1. The molecule has 5 heteroatoms. The van der Waals surface area contributed by atoms with E-state index >= 15 is 0 Å². The Morgan fingerprint density at radius 1 is 1.27 bits per heavy atom. The molecule has 0 bridgehead atoms. The molecule has 80 valence electrons. The topological polar surface area (TPSA) is 60.4 Å². The lowest BCUT2D eigenvalue weighted by Gasteiger charge is -2.04. The van der Waals surface area contributed by atoms with Crippen molar-refractivity contribution in [2.45, 2.75) is 6.92 Å². The molecule has 0 aromatic heterocycles. The second kappa shape index (κ2) is 4.27. The Hall–Kier alpha value is -1.62. The third kappa shape index (κ3) is 2.92. The van der Waals surface area contributed by atoms with Crippen LogP contribution in [0, 0.1) is 0 Å². The highest BCUT2D eigenvalue weighted by Gasteiger charge is 2.24. The third-order valence-corrected chi connectivity index (χ3v) is 2.74. The van der Waals surface area contributed by atoms with Gasteiger partial charge in [0, 0.05) is 5.57 Å². The van der Waals surface area contributed by atoms with Crippen molar-refractivity contribution in [1.29, 1.82) is 0 Å². The minimum absolute atomic E-state index is 0.0778. The molecule has 0 aliphatic carbocycles. The Labute approximate surface area is 88.3 Å². The standard InChI is InChI=1S/C10H10O4S/c1-8(2)10(11)15(12,13)14-9-6-4-3-5-7-9/h3-7H,1H2,2H3. The summed E-state index contributed by atoms with van der Waals surface area (Å²) < 4.78 is 27.2. The molecule has 0 aliphatic rings. The maximum Gasteiger partial charge on any atom is 0.377 e. The second-order valence-electron chi connectivity index (χ2n) is 2.92. The fourth-order valence-electron chi connectivity index (χ4n) is 0.854. The largest absolute Gasteiger partial charge is 0.377 e. The van der Waals surface area contributed by atoms with Gasteiger partial charge in [-0.25, -0.2) is 0 Å². The molecule has 0 atom stereocenters. The van der Waals surface area contributed by atoms with Crippen molar-refractivity contribution in [2.24, 2.45) is 0 Å². The van der Waals surface area contributed by atoms with Crippen LogP contribution in [0.1, 0.15) is 6.92 Å². The molecule has 0 radical (unpaired) electrons. The molecule has 0 amide bonds. The predicted molar refractivity (Wildman–Crippen MR) is 55.8 cm³/mol. The van der Waals surface area contributed by atoms with Crippen LogP contribution in [0.4, 0.5) is 0 Å². The van der Waals surface area contributed by atoms with Gasteiger partial charge in [0.15, 0.2) is 0 Å². The van der Waals surface area contributed by atoms with Gasteiger partial charge >= 0.3 is 15.2 Å². The lowest BCUT2D eigenvalue weighted by molar-refractivity contribution is -0.109. The maximum atomic E-state index is 11.3. The lowest BCUT2D eigenvalue weighted by atomic mass is 10.3. The highest BCUT2D eigenvalue weighted by molar-refractivity contribution is 8.02. The molecule has 0 N–H and O–H groups in total. The minimum Gasteiger partial charge on any atom is -0.377 e. The molecule has 4 nitrogen and oxygen atoms in total. The number of carbonyl (C=O) groups is 1. The zero-order valence-corrected chi connectivity index (χ0v) is 8.95. The molecule has 0 aliphatic heterocycles. The summed E-state index contributed by atoms with van der Waals surface area (Å²) in [5, 5.41) is -1.11. The zero-order chi connectivity index (χ0) is 11.5. The van der Waals surface area contributed by atoms with E-state index in [-0.39, 0.29) is 11.3 Å². The van der Waals surface area contributed by atoms with Gasteiger partial charge in [-0.1, -0.05) is 24.8 Å². The fraction of sp³-hybridized carbons (Fsp3) is 0.100. The summed E-state index contributed by atoms with van der Waals surface area (Å²) in [7, 11) is -4.25. The van der Waals surface area contributed by atoms with Gasteiger partial charge < -0.3 is 4.18 Å². The summed E-state index contributed by atoms with van der Waals surface area (Å²) in [4.78, 5) is 11.2. The van der Waals surface area contributed by atoms with Crippen LogP contribution in [0.15, 0.2) is 42.5 Å². The molecule has 1 aromatic rings. The van der Waals surface area contributed by atoms with E-state index in [2.05, 4.69) is 10.8 Å². The van der Waals surface area contributed by atoms with Gasteiger partial charge in [-0.3, -0.25) is 4.79 Å². The second-order valence-corrected chi connectivity index (χ2v) is 4.36. The average molecular weight is 226 g/mol. The van der Waals surface area contributed by atoms with Gasteiger partial charge in [-0.15, -0.1) is 0 Å². The number of rotatable bonds is 3.